The minimum atomic E-state index is -0.647. The van der Waals surface area contributed by atoms with Crippen molar-refractivity contribution < 1.29 is 33.0 Å². The second-order valence-electron chi connectivity index (χ2n) is 8.85. The van der Waals surface area contributed by atoms with E-state index in [1.54, 1.807) is 18.2 Å². The molecule has 0 saturated carbocycles. The third kappa shape index (κ3) is 6.38. The maximum absolute atomic E-state index is 13.1. The summed E-state index contributed by atoms with van der Waals surface area (Å²) in [5.74, 6) is 0.198. The number of nitrogens with zero attached hydrogens (tertiary/aromatic N) is 1. The summed E-state index contributed by atoms with van der Waals surface area (Å²) in [5.41, 5.74) is 3.75. The van der Waals surface area contributed by atoms with E-state index in [1.165, 1.54) is 19.2 Å². The number of methoxy groups -OCH3 is 1. The van der Waals surface area contributed by atoms with Gasteiger partial charge in [0.2, 0.25) is 5.76 Å². The van der Waals surface area contributed by atoms with Crippen molar-refractivity contribution in [3.05, 3.63) is 101 Å². The minimum Gasteiger partial charge on any atom is -0.490 e. The number of imide groups is 1. The van der Waals surface area contributed by atoms with E-state index in [9.17, 15) is 14.4 Å². The lowest BCUT2D eigenvalue weighted by Crippen LogP contribution is -2.30. The van der Waals surface area contributed by atoms with Gasteiger partial charge in [-0.15, -0.1) is 6.58 Å². The molecule has 2 heterocycles. The molecule has 1 aliphatic rings. The van der Waals surface area contributed by atoms with Crippen molar-refractivity contribution in [1.82, 2.24) is 10.2 Å². The molecule has 4 rings (SSSR count). The lowest BCUT2D eigenvalue weighted by molar-refractivity contribution is -0.123. The number of hydrogen-bond donors (Lipinski definition) is 1. The fraction of sp³-hybridized carbons (Fsp3) is 0.233. The summed E-state index contributed by atoms with van der Waals surface area (Å²) < 4.78 is 22.1. The Hall–Kier alpha value is -4.79. The first-order valence-corrected chi connectivity index (χ1v) is 12.4. The van der Waals surface area contributed by atoms with E-state index in [1.807, 2.05) is 38.1 Å². The quantitative estimate of drug-likeness (QED) is 0.158. The van der Waals surface area contributed by atoms with E-state index in [0.717, 1.165) is 21.6 Å². The fourth-order valence-corrected chi connectivity index (χ4v) is 4.17. The van der Waals surface area contributed by atoms with Crippen molar-refractivity contribution >= 4 is 24.0 Å². The molecule has 9 heteroatoms. The van der Waals surface area contributed by atoms with Gasteiger partial charge in [0.1, 0.15) is 18.1 Å². The second kappa shape index (κ2) is 12.2. The first kappa shape index (κ1) is 27.3. The van der Waals surface area contributed by atoms with Crippen LogP contribution in [0.4, 0.5) is 4.79 Å². The molecule has 9 nitrogen and oxygen atoms in total. The number of furan rings is 1. The Morgan fingerprint density at radius 2 is 1.95 bits per heavy atom. The summed E-state index contributed by atoms with van der Waals surface area (Å²) in [7, 11) is 1.24. The number of amides is 3. The summed E-state index contributed by atoms with van der Waals surface area (Å²) in [4.78, 5) is 38.3. The fourth-order valence-electron chi connectivity index (χ4n) is 4.17. The molecule has 1 saturated heterocycles. The summed E-state index contributed by atoms with van der Waals surface area (Å²) in [5, 5.41) is 2.61. The van der Waals surface area contributed by atoms with Gasteiger partial charge in [0, 0.05) is 5.56 Å². The van der Waals surface area contributed by atoms with Crippen molar-refractivity contribution in [2.24, 2.45) is 0 Å². The number of hydrogen-bond acceptors (Lipinski definition) is 7. The number of allylic oxidation sites excluding steroid dienone is 1. The van der Waals surface area contributed by atoms with Crippen LogP contribution in [0.5, 0.6) is 11.5 Å². The van der Waals surface area contributed by atoms with Gasteiger partial charge in [-0.25, -0.2) is 9.59 Å². The highest BCUT2D eigenvalue weighted by molar-refractivity contribution is 6.13. The zero-order valence-corrected chi connectivity index (χ0v) is 22.1. The van der Waals surface area contributed by atoms with Gasteiger partial charge in [0.25, 0.3) is 5.91 Å². The molecule has 0 spiro atoms. The number of esters is 1. The third-order valence-corrected chi connectivity index (χ3v) is 5.92. The van der Waals surface area contributed by atoms with Gasteiger partial charge in [-0.05, 0) is 61.7 Å². The number of carbonyl (C=O) groups excluding carboxylic acids is 3. The largest absolute Gasteiger partial charge is 0.490 e. The molecule has 3 amide bonds. The molecule has 0 radical (unpaired) electrons. The molecular formula is C30H30N2O7. The number of carbonyl (C=O) groups is 3. The van der Waals surface area contributed by atoms with Crippen LogP contribution in [0.2, 0.25) is 0 Å². The van der Waals surface area contributed by atoms with Crippen LogP contribution in [0.25, 0.3) is 6.08 Å². The van der Waals surface area contributed by atoms with E-state index in [4.69, 9.17) is 13.9 Å². The predicted molar refractivity (Wildman–Crippen MR) is 144 cm³/mol. The van der Waals surface area contributed by atoms with Gasteiger partial charge in [-0.2, -0.15) is 0 Å². The summed E-state index contributed by atoms with van der Waals surface area (Å²) in [6.45, 7) is 8.39. The molecule has 0 atom stereocenters. The minimum absolute atomic E-state index is 0.0155. The van der Waals surface area contributed by atoms with E-state index in [0.29, 0.717) is 36.7 Å². The van der Waals surface area contributed by atoms with E-state index in [2.05, 4.69) is 22.7 Å². The maximum atomic E-state index is 13.1. The molecule has 1 aromatic heterocycles. The number of benzene rings is 2. The first-order chi connectivity index (χ1) is 18.8. The zero-order valence-electron chi connectivity index (χ0n) is 22.1. The molecule has 0 aliphatic carbocycles. The normalized spacial score (nSPS) is 13.9. The van der Waals surface area contributed by atoms with Crippen molar-refractivity contribution in [2.75, 3.05) is 13.7 Å². The van der Waals surface area contributed by atoms with Gasteiger partial charge in [0.05, 0.1) is 20.3 Å². The van der Waals surface area contributed by atoms with Crippen LogP contribution >= 0.6 is 0 Å². The first-order valence-electron chi connectivity index (χ1n) is 12.4. The Bertz CT molecular complexity index is 1440. The van der Waals surface area contributed by atoms with Gasteiger partial charge < -0.3 is 23.9 Å². The van der Waals surface area contributed by atoms with E-state index < -0.39 is 17.9 Å². The molecule has 2 aromatic carbocycles. The molecule has 3 aromatic rings. The SMILES string of the molecule is C=CCc1cc(/C=C2\NC(=O)N(Cc3ccc(C(=O)OC)o3)C2=O)cc(OCC)c1OCc1cccc(C)c1. The smallest absolute Gasteiger partial charge is 0.373 e. The highest BCUT2D eigenvalue weighted by atomic mass is 16.5. The molecular weight excluding hydrogens is 500 g/mol. The van der Waals surface area contributed by atoms with Crippen LogP contribution in [0.1, 0.15) is 45.5 Å². The van der Waals surface area contributed by atoms with E-state index in [-0.39, 0.29) is 23.8 Å². The Kier molecular flexibility index (Phi) is 8.50. The molecule has 1 aliphatic heterocycles. The van der Waals surface area contributed by atoms with Crippen molar-refractivity contribution in [3.63, 3.8) is 0 Å². The van der Waals surface area contributed by atoms with Crippen LogP contribution < -0.4 is 14.8 Å². The van der Waals surface area contributed by atoms with Crippen LogP contribution in [-0.4, -0.2) is 36.5 Å². The Labute approximate surface area is 226 Å². The topological polar surface area (TPSA) is 107 Å². The Morgan fingerprint density at radius 3 is 2.67 bits per heavy atom. The standard InChI is InChI=1S/C30H30N2O7/c1-5-8-22-14-21(16-26(37-6-2)27(22)38-18-20-10-7-9-19(3)13-20)15-24-28(33)32(30(35)31-24)17-23-11-12-25(39-23)29(34)36-4/h5,7,9-16H,1,6,8,17-18H2,2-4H3,(H,31,35)/b24-15-. The molecule has 1 fully saturated rings. The van der Waals surface area contributed by atoms with Gasteiger partial charge >= 0.3 is 12.0 Å². The van der Waals surface area contributed by atoms with Gasteiger partial charge in [0.15, 0.2) is 11.5 Å². The monoisotopic (exact) mass is 530 g/mol. The number of rotatable bonds is 11. The molecule has 0 unspecified atom stereocenters. The van der Waals surface area contributed by atoms with Crippen LogP contribution in [0, 0.1) is 6.92 Å². The van der Waals surface area contributed by atoms with Gasteiger partial charge in [-0.1, -0.05) is 35.9 Å². The molecule has 39 heavy (non-hydrogen) atoms. The van der Waals surface area contributed by atoms with E-state index >= 15 is 0 Å². The predicted octanol–water partition coefficient (Wildman–Crippen LogP) is 5.17. The van der Waals surface area contributed by atoms with Crippen LogP contribution in [-0.2, 0) is 29.1 Å². The highest BCUT2D eigenvalue weighted by Crippen LogP contribution is 2.35. The molecule has 0 bridgehead atoms. The average molecular weight is 531 g/mol. The molecule has 1 N–H and O–H groups in total. The van der Waals surface area contributed by atoms with Crippen LogP contribution in [0.15, 0.2) is 71.3 Å². The van der Waals surface area contributed by atoms with Crippen molar-refractivity contribution in [1.29, 1.82) is 0 Å². The molecule has 202 valence electrons. The zero-order chi connectivity index (χ0) is 27.9. The second-order valence-corrected chi connectivity index (χ2v) is 8.85. The lowest BCUT2D eigenvalue weighted by atomic mass is 10.0. The van der Waals surface area contributed by atoms with Crippen molar-refractivity contribution in [2.45, 2.75) is 33.4 Å². The Balaban J connectivity index is 1.59. The third-order valence-electron chi connectivity index (χ3n) is 5.92. The Morgan fingerprint density at radius 1 is 1.13 bits per heavy atom. The summed E-state index contributed by atoms with van der Waals surface area (Å²) in [6, 6.07) is 14.1. The van der Waals surface area contributed by atoms with Crippen molar-refractivity contribution in [3.8, 4) is 11.5 Å². The van der Waals surface area contributed by atoms with Crippen LogP contribution in [0.3, 0.4) is 0 Å². The lowest BCUT2D eigenvalue weighted by Gasteiger charge is -2.17. The maximum Gasteiger partial charge on any atom is 0.373 e. The number of ether oxygens (including phenoxy) is 3. The van der Waals surface area contributed by atoms with Gasteiger partial charge in [-0.3, -0.25) is 9.69 Å². The highest BCUT2D eigenvalue weighted by Gasteiger charge is 2.34. The number of nitrogens with one attached hydrogen (secondary N) is 1. The number of urea groups is 1. The average Bonchev–Trinajstić information content (AvgIpc) is 3.48. The summed E-state index contributed by atoms with van der Waals surface area (Å²) in [6.07, 6.45) is 3.85. The summed E-state index contributed by atoms with van der Waals surface area (Å²) >= 11 is 0. The number of aryl methyl sites for hydroxylation is 1.